The van der Waals surface area contributed by atoms with Crippen LogP contribution in [-0.4, -0.2) is 26.3 Å². The molecule has 0 aliphatic carbocycles. The van der Waals surface area contributed by atoms with Gasteiger partial charge in [0, 0.05) is 27.5 Å². The van der Waals surface area contributed by atoms with E-state index in [-0.39, 0.29) is 0 Å². The maximum Gasteiger partial charge on any atom is 0.210 e. The number of para-hydroxylation sites is 1. The van der Waals surface area contributed by atoms with Gasteiger partial charge in [-0.05, 0) is 61.5 Å². The average Bonchev–Trinajstić information content (AvgIpc) is 3.27. The van der Waals surface area contributed by atoms with E-state index in [0.717, 1.165) is 49.5 Å². The van der Waals surface area contributed by atoms with Gasteiger partial charge in [0.15, 0.2) is 11.5 Å². The van der Waals surface area contributed by atoms with Gasteiger partial charge < -0.3 is 18.6 Å². The number of nitrogens with zero attached hydrogens (tertiary/aromatic N) is 2. The van der Waals surface area contributed by atoms with Gasteiger partial charge in [0.05, 0.1) is 32.4 Å². The minimum Gasteiger partial charge on any atom is -0.497 e. The van der Waals surface area contributed by atoms with Crippen LogP contribution in [0.15, 0.2) is 82.2 Å². The number of aryl methyl sites for hydroxylation is 1. The molecule has 0 amide bonds. The van der Waals surface area contributed by atoms with E-state index in [1.165, 1.54) is 0 Å². The van der Waals surface area contributed by atoms with Gasteiger partial charge in [0.25, 0.3) is 0 Å². The van der Waals surface area contributed by atoms with Crippen LogP contribution in [0.2, 0.25) is 0 Å². The van der Waals surface area contributed by atoms with Crippen LogP contribution >= 0.6 is 11.3 Å². The Morgan fingerprint density at radius 1 is 0.800 bits per heavy atom. The van der Waals surface area contributed by atoms with Gasteiger partial charge in [0.1, 0.15) is 17.1 Å². The third-order valence-electron chi connectivity index (χ3n) is 5.68. The van der Waals surface area contributed by atoms with E-state index < -0.39 is 0 Å². The van der Waals surface area contributed by atoms with E-state index in [9.17, 15) is 0 Å². The van der Waals surface area contributed by atoms with Crippen LogP contribution in [-0.2, 0) is 0 Å². The predicted molar refractivity (Wildman–Crippen MR) is 139 cm³/mol. The molecule has 5 aromatic rings. The quantitative estimate of drug-likeness (QED) is 0.265. The largest absolute Gasteiger partial charge is 0.497 e. The Hall–Kier alpha value is -4.10. The van der Waals surface area contributed by atoms with Crippen LogP contribution in [0.1, 0.15) is 4.88 Å². The summed E-state index contributed by atoms with van der Waals surface area (Å²) in [5.74, 6) is 2.86. The summed E-state index contributed by atoms with van der Waals surface area (Å²) in [5, 5.41) is 2.39. The van der Waals surface area contributed by atoms with Crippen LogP contribution in [0.4, 0.5) is 5.13 Å². The van der Waals surface area contributed by atoms with Gasteiger partial charge >= 0.3 is 0 Å². The van der Waals surface area contributed by atoms with E-state index in [4.69, 9.17) is 28.6 Å². The summed E-state index contributed by atoms with van der Waals surface area (Å²) in [6.07, 6.45) is 0. The standard InChI is InChI=1S/C28H24N2O4S/c1-17-27(19-11-14-24(32-3)26(15-19)33-4)30-28(35-17)29-22-16-25(18-9-12-20(31-2)13-10-18)34-23-8-6-5-7-21(22)23/h5-16H,1-4H3. The Kier molecular flexibility index (Phi) is 6.25. The molecule has 0 spiro atoms. The molecule has 0 aliphatic heterocycles. The lowest BCUT2D eigenvalue weighted by Crippen LogP contribution is -2.03. The first kappa shape index (κ1) is 22.7. The Labute approximate surface area is 207 Å². The fraction of sp³-hybridized carbons (Fsp3) is 0.143. The number of hydrogen-bond acceptors (Lipinski definition) is 7. The van der Waals surface area contributed by atoms with Crippen molar-refractivity contribution in [2.24, 2.45) is 4.99 Å². The Morgan fingerprint density at radius 3 is 2.29 bits per heavy atom. The van der Waals surface area contributed by atoms with Crippen molar-refractivity contribution >= 4 is 27.4 Å². The maximum absolute atomic E-state index is 6.20. The highest BCUT2D eigenvalue weighted by atomic mass is 32.1. The van der Waals surface area contributed by atoms with Crippen molar-refractivity contribution in [2.75, 3.05) is 21.3 Å². The normalized spacial score (nSPS) is 11.6. The molecule has 0 saturated carbocycles. The number of aromatic nitrogens is 1. The fourth-order valence-electron chi connectivity index (χ4n) is 3.89. The molecular formula is C28H24N2O4S. The summed E-state index contributed by atoms with van der Waals surface area (Å²) in [4.78, 5) is 10.9. The fourth-order valence-corrected chi connectivity index (χ4v) is 4.71. The molecule has 0 atom stereocenters. The Balaban J connectivity index is 1.62. The summed E-state index contributed by atoms with van der Waals surface area (Å²) in [6.45, 7) is 2.05. The molecule has 0 N–H and O–H groups in total. The van der Waals surface area contributed by atoms with Crippen LogP contribution in [0.3, 0.4) is 0 Å². The zero-order valence-electron chi connectivity index (χ0n) is 19.9. The molecule has 176 valence electrons. The first-order valence-electron chi connectivity index (χ1n) is 11.0. The van der Waals surface area contributed by atoms with Crippen molar-refractivity contribution in [1.82, 2.24) is 4.98 Å². The van der Waals surface area contributed by atoms with Crippen molar-refractivity contribution in [3.63, 3.8) is 0 Å². The Bertz CT molecular complexity index is 1570. The van der Waals surface area contributed by atoms with Gasteiger partial charge in [-0.1, -0.05) is 23.5 Å². The van der Waals surface area contributed by atoms with Crippen LogP contribution in [0, 0.1) is 6.92 Å². The monoisotopic (exact) mass is 484 g/mol. The average molecular weight is 485 g/mol. The molecule has 2 heterocycles. The van der Waals surface area contributed by atoms with Crippen LogP contribution in [0.25, 0.3) is 33.6 Å². The van der Waals surface area contributed by atoms with Crippen molar-refractivity contribution in [2.45, 2.75) is 6.92 Å². The number of methoxy groups -OCH3 is 3. The highest BCUT2D eigenvalue weighted by Crippen LogP contribution is 2.36. The second-order valence-electron chi connectivity index (χ2n) is 7.80. The lowest BCUT2D eigenvalue weighted by atomic mass is 10.1. The third-order valence-corrected chi connectivity index (χ3v) is 6.55. The van der Waals surface area contributed by atoms with Crippen molar-refractivity contribution < 1.29 is 18.6 Å². The molecule has 0 bridgehead atoms. The van der Waals surface area contributed by atoms with Crippen LogP contribution in [0.5, 0.6) is 17.2 Å². The van der Waals surface area contributed by atoms with Crippen molar-refractivity contribution in [3.8, 4) is 39.8 Å². The lowest BCUT2D eigenvalue weighted by Gasteiger charge is -2.08. The molecule has 5 rings (SSSR count). The molecule has 2 aromatic heterocycles. The lowest BCUT2D eigenvalue weighted by molar-refractivity contribution is 0.355. The van der Waals surface area contributed by atoms with Crippen molar-refractivity contribution in [1.29, 1.82) is 0 Å². The summed E-state index contributed by atoms with van der Waals surface area (Å²) in [7, 11) is 4.90. The predicted octanol–water partition coefficient (Wildman–Crippen LogP) is 6.79. The van der Waals surface area contributed by atoms with Gasteiger partial charge in [0.2, 0.25) is 5.13 Å². The first-order valence-corrected chi connectivity index (χ1v) is 11.8. The molecule has 6 nitrogen and oxygen atoms in total. The molecule has 0 saturated heterocycles. The van der Waals surface area contributed by atoms with Gasteiger partial charge in [-0.25, -0.2) is 9.98 Å². The maximum atomic E-state index is 6.20. The molecule has 0 unspecified atom stereocenters. The summed E-state index contributed by atoms with van der Waals surface area (Å²) in [5.41, 5.74) is 3.52. The Morgan fingerprint density at radius 2 is 1.54 bits per heavy atom. The van der Waals surface area contributed by atoms with Crippen LogP contribution < -0.4 is 19.6 Å². The third kappa shape index (κ3) is 4.50. The van der Waals surface area contributed by atoms with E-state index in [1.807, 2.05) is 79.7 Å². The van der Waals surface area contributed by atoms with Gasteiger partial charge in [-0.2, -0.15) is 0 Å². The SMILES string of the molecule is COc1ccc(-c2cc(=Nc3nc(-c4ccc(OC)c(OC)c4)c(C)s3)c3ccccc3o2)cc1. The van der Waals surface area contributed by atoms with Gasteiger partial charge in [-0.15, -0.1) is 0 Å². The molecular weight excluding hydrogens is 460 g/mol. The minimum absolute atomic E-state index is 0.663. The number of thiazole rings is 1. The van der Waals surface area contributed by atoms with E-state index in [0.29, 0.717) is 16.6 Å². The smallest absolute Gasteiger partial charge is 0.210 e. The zero-order chi connectivity index (χ0) is 24.4. The number of hydrogen-bond donors (Lipinski definition) is 0. The minimum atomic E-state index is 0.663. The number of rotatable bonds is 6. The number of fused-ring (bicyclic) bond motifs is 1. The highest BCUT2D eigenvalue weighted by Gasteiger charge is 2.13. The summed E-state index contributed by atoms with van der Waals surface area (Å²) < 4.78 is 22.3. The van der Waals surface area contributed by atoms with Crippen molar-refractivity contribution in [3.05, 3.63) is 83.0 Å². The van der Waals surface area contributed by atoms with E-state index in [1.54, 1.807) is 32.7 Å². The second kappa shape index (κ2) is 9.64. The topological polar surface area (TPSA) is 66.1 Å². The summed E-state index contributed by atoms with van der Waals surface area (Å²) in [6, 6.07) is 23.4. The number of benzene rings is 3. The molecule has 35 heavy (non-hydrogen) atoms. The molecule has 0 radical (unpaired) electrons. The van der Waals surface area contributed by atoms with E-state index in [2.05, 4.69) is 0 Å². The first-order chi connectivity index (χ1) is 17.1. The zero-order valence-corrected chi connectivity index (χ0v) is 20.7. The van der Waals surface area contributed by atoms with Gasteiger partial charge in [-0.3, -0.25) is 0 Å². The summed E-state index contributed by atoms with van der Waals surface area (Å²) >= 11 is 1.55. The second-order valence-corrected chi connectivity index (χ2v) is 8.98. The van der Waals surface area contributed by atoms with E-state index >= 15 is 0 Å². The number of ether oxygens (including phenoxy) is 3. The molecule has 7 heteroatoms. The highest BCUT2D eigenvalue weighted by molar-refractivity contribution is 7.15. The molecule has 0 aliphatic rings. The molecule has 3 aromatic carbocycles. The molecule has 0 fully saturated rings.